The van der Waals surface area contributed by atoms with Crippen molar-refractivity contribution in [2.75, 3.05) is 47.5 Å². The highest BCUT2D eigenvalue weighted by Gasteiger charge is 2.21. The SMILES string of the molecule is CCCC/C=C\CCCCCCCC(=O)OC[C@H](COP(=O)([O-])OCC[N+](C)(C)C)OC(=O)CCCCCCCCCCCCC. The average Bonchev–Trinajstić information content (AvgIpc) is 2.99. The minimum absolute atomic E-state index is 0.0295. The average molecular weight is 676 g/mol. The Morgan fingerprint density at radius 3 is 1.67 bits per heavy atom. The summed E-state index contributed by atoms with van der Waals surface area (Å²) in [7, 11) is 1.16. The Morgan fingerprint density at radius 2 is 1.13 bits per heavy atom. The molecular formula is C36H70NO8P. The molecule has 46 heavy (non-hydrogen) atoms. The third-order valence-electron chi connectivity index (χ3n) is 7.79. The van der Waals surface area contributed by atoms with Crippen molar-refractivity contribution in [1.29, 1.82) is 0 Å². The van der Waals surface area contributed by atoms with Crippen LogP contribution in [0.15, 0.2) is 12.2 Å². The molecule has 0 heterocycles. The summed E-state index contributed by atoms with van der Waals surface area (Å²) in [6.07, 6.45) is 26.7. The summed E-state index contributed by atoms with van der Waals surface area (Å²) in [4.78, 5) is 37.2. The van der Waals surface area contributed by atoms with Gasteiger partial charge >= 0.3 is 11.9 Å². The van der Waals surface area contributed by atoms with Crippen molar-refractivity contribution in [3.63, 3.8) is 0 Å². The molecule has 0 aromatic heterocycles. The number of phosphoric ester groups is 1. The highest BCUT2D eigenvalue weighted by Crippen LogP contribution is 2.38. The largest absolute Gasteiger partial charge is 0.756 e. The molecule has 2 atom stereocenters. The van der Waals surface area contributed by atoms with Gasteiger partial charge in [-0.25, -0.2) is 0 Å². The van der Waals surface area contributed by atoms with Crippen LogP contribution in [0.4, 0.5) is 0 Å². The number of esters is 2. The zero-order valence-electron chi connectivity index (χ0n) is 30.3. The Labute approximate surface area is 282 Å². The minimum Gasteiger partial charge on any atom is -0.756 e. The predicted molar refractivity (Wildman–Crippen MR) is 185 cm³/mol. The Kier molecular flexibility index (Phi) is 29.0. The third kappa shape index (κ3) is 32.7. The number of unbranched alkanes of at least 4 members (excludes halogenated alkanes) is 17. The topological polar surface area (TPSA) is 111 Å². The van der Waals surface area contributed by atoms with Crippen molar-refractivity contribution in [1.82, 2.24) is 0 Å². The van der Waals surface area contributed by atoms with Gasteiger partial charge in [0.05, 0.1) is 27.7 Å². The normalized spacial score (nSPS) is 14.0. The van der Waals surface area contributed by atoms with Gasteiger partial charge in [0, 0.05) is 12.8 Å². The van der Waals surface area contributed by atoms with Gasteiger partial charge in [0.15, 0.2) is 6.10 Å². The van der Waals surface area contributed by atoms with Crippen LogP contribution in [0.5, 0.6) is 0 Å². The maximum absolute atomic E-state index is 12.5. The van der Waals surface area contributed by atoms with Crippen molar-refractivity contribution in [2.24, 2.45) is 0 Å². The van der Waals surface area contributed by atoms with Gasteiger partial charge in [-0.3, -0.25) is 14.2 Å². The molecule has 0 aromatic carbocycles. The first kappa shape index (κ1) is 44.8. The molecule has 0 radical (unpaired) electrons. The number of phosphoric acid groups is 1. The van der Waals surface area contributed by atoms with Gasteiger partial charge in [-0.05, 0) is 32.1 Å². The second-order valence-corrected chi connectivity index (χ2v) is 15.0. The maximum Gasteiger partial charge on any atom is 0.306 e. The lowest BCUT2D eigenvalue weighted by molar-refractivity contribution is -0.870. The van der Waals surface area contributed by atoms with Crippen molar-refractivity contribution < 1.29 is 42.1 Å². The van der Waals surface area contributed by atoms with Crippen LogP contribution in [0.1, 0.15) is 155 Å². The number of allylic oxidation sites excluding steroid dienone is 2. The van der Waals surface area contributed by atoms with Crippen LogP contribution in [-0.2, 0) is 32.7 Å². The molecule has 0 N–H and O–H groups in total. The van der Waals surface area contributed by atoms with Crippen LogP contribution in [0.25, 0.3) is 0 Å². The van der Waals surface area contributed by atoms with E-state index >= 15 is 0 Å². The molecule has 9 nitrogen and oxygen atoms in total. The highest BCUT2D eigenvalue weighted by molar-refractivity contribution is 7.45. The summed E-state index contributed by atoms with van der Waals surface area (Å²) in [5.41, 5.74) is 0. The van der Waals surface area contributed by atoms with Crippen molar-refractivity contribution in [3.05, 3.63) is 12.2 Å². The predicted octanol–water partition coefficient (Wildman–Crippen LogP) is 8.83. The van der Waals surface area contributed by atoms with E-state index < -0.39 is 32.5 Å². The van der Waals surface area contributed by atoms with E-state index in [2.05, 4.69) is 26.0 Å². The molecule has 0 amide bonds. The summed E-state index contributed by atoms with van der Waals surface area (Å²) < 4.78 is 33.7. The van der Waals surface area contributed by atoms with Crippen molar-refractivity contribution in [2.45, 2.75) is 161 Å². The molecule has 10 heteroatoms. The first-order valence-electron chi connectivity index (χ1n) is 18.4. The smallest absolute Gasteiger partial charge is 0.306 e. The molecule has 0 saturated heterocycles. The van der Waals surface area contributed by atoms with Gasteiger partial charge in [-0.2, -0.15) is 0 Å². The molecule has 0 aliphatic rings. The van der Waals surface area contributed by atoms with Crippen LogP contribution in [0, 0.1) is 0 Å². The van der Waals surface area contributed by atoms with Crippen molar-refractivity contribution >= 4 is 19.8 Å². The lowest BCUT2D eigenvalue weighted by Gasteiger charge is -2.28. The van der Waals surface area contributed by atoms with Crippen LogP contribution < -0.4 is 4.89 Å². The molecule has 0 rings (SSSR count). The summed E-state index contributed by atoms with van der Waals surface area (Å²) in [5.74, 6) is -0.845. The lowest BCUT2D eigenvalue weighted by atomic mass is 10.1. The van der Waals surface area contributed by atoms with E-state index in [9.17, 15) is 19.0 Å². The number of ether oxygens (including phenoxy) is 2. The number of nitrogens with zero attached hydrogens (tertiary/aromatic N) is 1. The fraction of sp³-hybridized carbons (Fsp3) is 0.889. The number of carbonyl (C=O) groups is 2. The highest BCUT2D eigenvalue weighted by atomic mass is 31.2. The minimum atomic E-state index is -4.61. The molecule has 0 spiro atoms. The standard InChI is InChI=1S/C36H70NO8P/c1-6-8-10-12-14-16-18-20-22-24-26-28-35(38)42-32-34(33-44-46(40,41)43-31-30-37(3,4)5)45-36(39)29-27-25-23-21-19-17-15-13-11-9-7-2/h12,14,34H,6-11,13,15-33H2,1-5H3/b14-12-/t34-/m1/s1. The second-order valence-electron chi connectivity index (χ2n) is 13.6. The molecule has 272 valence electrons. The van der Waals surface area contributed by atoms with E-state index in [0.29, 0.717) is 17.4 Å². The van der Waals surface area contributed by atoms with Gasteiger partial charge in [-0.1, -0.05) is 122 Å². The number of carbonyl (C=O) groups excluding carboxylic acids is 2. The molecule has 0 saturated carbocycles. The monoisotopic (exact) mass is 675 g/mol. The zero-order chi connectivity index (χ0) is 34.4. The Bertz CT molecular complexity index is 814. The molecule has 0 aromatic rings. The second kappa shape index (κ2) is 29.9. The van der Waals surface area contributed by atoms with E-state index in [0.717, 1.165) is 57.8 Å². The van der Waals surface area contributed by atoms with Gasteiger partial charge < -0.3 is 27.9 Å². The summed E-state index contributed by atoms with van der Waals surface area (Å²) >= 11 is 0. The van der Waals surface area contributed by atoms with Crippen LogP contribution in [0.2, 0.25) is 0 Å². The van der Waals surface area contributed by atoms with Crippen molar-refractivity contribution in [3.8, 4) is 0 Å². The van der Waals surface area contributed by atoms with Gasteiger partial charge in [0.25, 0.3) is 7.82 Å². The van der Waals surface area contributed by atoms with Gasteiger partial charge in [0.1, 0.15) is 19.8 Å². The Morgan fingerprint density at radius 1 is 0.652 bits per heavy atom. The first-order chi connectivity index (χ1) is 22.0. The number of hydrogen-bond acceptors (Lipinski definition) is 8. The maximum atomic E-state index is 12.5. The van der Waals surface area contributed by atoms with E-state index in [1.165, 1.54) is 64.2 Å². The fourth-order valence-electron chi connectivity index (χ4n) is 4.81. The first-order valence-corrected chi connectivity index (χ1v) is 19.9. The number of hydrogen-bond donors (Lipinski definition) is 0. The molecular weight excluding hydrogens is 605 g/mol. The zero-order valence-corrected chi connectivity index (χ0v) is 31.2. The van der Waals surface area contributed by atoms with E-state index in [1.54, 1.807) is 0 Å². The van der Waals surface area contributed by atoms with Crippen LogP contribution in [0.3, 0.4) is 0 Å². The number of likely N-dealkylation sites (N-methyl/N-ethyl adjacent to an activating group) is 1. The molecule has 1 unspecified atom stereocenters. The number of rotatable bonds is 33. The fourth-order valence-corrected chi connectivity index (χ4v) is 5.54. The Hall–Kier alpha value is -1.25. The number of quaternary nitrogens is 1. The third-order valence-corrected chi connectivity index (χ3v) is 8.75. The van der Waals surface area contributed by atoms with Crippen LogP contribution in [-0.4, -0.2) is 70.0 Å². The summed E-state index contributed by atoms with van der Waals surface area (Å²) in [6, 6.07) is 0. The molecule has 0 aliphatic carbocycles. The van der Waals surface area contributed by atoms with E-state index in [4.69, 9.17) is 18.5 Å². The quantitative estimate of drug-likeness (QED) is 0.0223. The van der Waals surface area contributed by atoms with Gasteiger partial charge in [0.2, 0.25) is 0 Å². The molecule has 0 aliphatic heterocycles. The summed E-state index contributed by atoms with van der Waals surface area (Å²) in [6.45, 7) is 4.15. The Balaban J connectivity index is 4.47. The molecule has 0 bridgehead atoms. The lowest BCUT2D eigenvalue weighted by Crippen LogP contribution is -2.37. The molecule has 0 fully saturated rings. The van der Waals surface area contributed by atoms with E-state index in [1.807, 2.05) is 21.1 Å². The van der Waals surface area contributed by atoms with E-state index in [-0.39, 0.29) is 26.1 Å². The summed E-state index contributed by atoms with van der Waals surface area (Å²) in [5, 5.41) is 0. The van der Waals surface area contributed by atoms with Crippen LogP contribution >= 0.6 is 7.82 Å². The van der Waals surface area contributed by atoms with Gasteiger partial charge in [-0.15, -0.1) is 0 Å².